The molecule has 3 heteroatoms. The van der Waals surface area contributed by atoms with Crippen LogP contribution in [0.3, 0.4) is 0 Å². The Kier molecular flexibility index (Phi) is 2.20. The molecule has 0 saturated heterocycles. The molecule has 15 heavy (non-hydrogen) atoms. The van der Waals surface area contributed by atoms with Crippen LogP contribution in [-0.2, 0) is 6.54 Å². The minimum Gasteiger partial charge on any atom is -0.330 e. The van der Waals surface area contributed by atoms with E-state index in [-0.39, 0.29) is 0 Å². The third-order valence-electron chi connectivity index (χ3n) is 2.99. The van der Waals surface area contributed by atoms with Crippen molar-refractivity contribution in [2.75, 3.05) is 6.26 Å². The Labute approximate surface area is 93.7 Å². The normalized spacial score (nSPS) is 16.1. The molecule has 0 aliphatic heterocycles. The van der Waals surface area contributed by atoms with Crippen molar-refractivity contribution in [3.05, 3.63) is 24.5 Å². The lowest BCUT2D eigenvalue weighted by molar-refractivity contribution is 0.642. The van der Waals surface area contributed by atoms with Crippen molar-refractivity contribution >= 4 is 22.8 Å². The van der Waals surface area contributed by atoms with E-state index >= 15 is 0 Å². The summed E-state index contributed by atoms with van der Waals surface area (Å²) in [4.78, 5) is 5.79. The highest BCUT2D eigenvalue weighted by molar-refractivity contribution is 7.98. The minimum absolute atomic E-state index is 0.903. The van der Waals surface area contributed by atoms with Crippen LogP contribution in [-0.4, -0.2) is 15.8 Å². The summed E-state index contributed by atoms with van der Waals surface area (Å²) in [5.74, 6) is 0.903. The highest BCUT2D eigenvalue weighted by atomic mass is 32.2. The molecule has 0 amide bonds. The van der Waals surface area contributed by atoms with Gasteiger partial charge in [0.2, 0.25) is 0 Å². The highest BCUT2D eigenvalue weighted by Gasteiger charge is 2.22. The van der Waals surface area contributed by atoms with Crippen molar-refractivity contribution < 1.29 is 0 Å². The Morgan fingerprint density at radius 1 is 1.47 bits per heavy atom. The predicted octanol–water partition coefficient (Wildman–Crippen LogP) is 3.17. The molecular formula is C12H14N2S. The third-order valence-corrected chi connectivity index (χ3v) is 3.75. The number of thioether (sulfide) groups is 1. The molecule has 3 rings (SSSR count). The summed E-state index contributed by atoms with van der Waals surface area (Å²) in [6.07, 6.45) is 6.88. The summed E-state index contributed by atoms with van der Waals surface area (Å²) in [7, 11) is 0. The van der Waals surface area contributed by atoms with E-state index < -0.39 is 0 Å². The third kappa shape index (κ3) is 1.65. The fourth-order valence-electron chi connectivity index (χ4n) is 1.95. The van der Waals surface area contributed by atoms with Gasteiger partial charge >= 0.3 is 0 Å². The lowest BCUT2D eigenvalue weighted by Crippen LogP contribution is -1.97. The van der Waals surface area contributed by atoms with Crippen molar-refractivity contribution in [3.63, 3.8) is 0 Å². The summed E-state index contributed by atoms with van der Waals surface area (Å²) in [6, 6.07) is 6.44. The standard InChI is InChI=1S/C12H14N2S/c1-15-11-4-2-3-10-12(11)13-8-14(10)7-9-5-6-9/h2-4,8-9H,5-7H2,1H3. The number of benzene rings is 1. The molecule has 1 aromatic heterocycles. The number of aromatic nitrogens is 2. The van der Waals surface area contributed by atoms with E-state index in [0.717, 1.165) is 18.0 Å². The summed E-state index contributed by atoms with van der Waals surface area (Å²) in [5.41, 5.74) is 2.44. The van der Waals surface area contributed by atoms with Crippen molar-refractivity contribution in [2.24, 2.45) is 5.92 Å². The number of para-hydroxylation sites is 1. The number of nitrogens with zero attached hydrogens (tertiary/aromatic N) is 2. The van der Waals surface area contributed by atoms with Gasteiger partial charge in [-0.3, -0.25) is 0 Å². The molecule has 1 aromatic carbocycles. The SMILES string of the molecule is CSc1cccc2c1ncn2CC1CC1. The smallest absolute Gasteiger partial charge is 0.102 e. The maximum atomic E-state index is 4.51. The molecule has 2 nitrogen and oxygen atoms in total. The van der Waals surface area contributed by atoms with Crippen molar-refractivity contribution in [3.8, 4) is 0 Å². The summed E-state index contributed by atoms with van der Waals surface area (Å²) in [6.45, 7) is 1.15. The van der Waals surface area contributed by atoms with E-state index in [0.29, 0.717) is 0 Å². The van der Waals surface area contributed by atoms with Crippen LogP contribution in [0.2, 0.25) is 0 Å². The molecule has 1 heterocycles. The van der Waals surface area contributed by atoms with Gasteiger partial charge in [-0.2, -0.15) is 0 Å². The zero-order valence-corrected chi connectivity index (χ0v) is 9.63. The molecule has 2 aromatic rings. The second-order valence-corrected chi connectivity index (χ2v) is 5.02. The van der Waals surface area contributed by atoms with Crippen LogP contribution < -0.4 is 0 Å². The Morgan fingerprint density at radius 3 is 3.07 bits per heavy atom. The first-order valence-corrected chi connectivity index (χ1v) is 6.59. The lowest BCUT2D eigenvalue weighted by Gasteiger charge is -2.03. The maximum Gasteiger partial charge on any atom is 0.102 e. The number of rotatable bonds is 3. The topological polar surface area (TPSA) is 17.8 Å². The van der Waals surface area contributed by atoms with Gasteiger partial charge in [0.05, 0.1) is 11.8 Å². The summed E-state index contributed by atoms with van der Waals surface area (Å²) < 4.78 is 2.30. The zero-order valence-electron chi connectivity index (χ0n) is 8.81. The molecule has 0 atom stereocenters. The van der Waals surface area contributed by atoms with Gasteiger partial charge in [-0.05, 0) is 37.1 Å². The predicted molar refractivity (Wildman–Crippen MR) is 64.2 cm³/mol. The molecule has 1 saturated carbocycles. The average molecular weight is 218 g/mol. The molecule has 0 unspecified atom stereocenters. The molecule has 0 bridgehead atoms. The second-order valence-electron chi connectivity index (χ2n) is 4.17. The first-order chi connectivity index (χ1) is 7.38. The molecule has 1 aliphatic rings. The van der Waals surface area contributed by atoms with Gasteiger partial charge in [0.1, 0.15) is 5.52 Å². The van der Waals surface area contributed by atoms with E-state index in [1.54, 1.807) is 11.8 Å². The van der Waals surface area contributed by atoms with Crippen LogP contribution in [0.5, 0.6) is 0 Å². The molecule has 1 aliphatic carbocycles. The van der Waals surface area contributed by atoms with Gasteiger partial charge in [-0.25, -0.2) is 4.98 Å². The van der Waals surface area contributed by atoms with Crippen molar-refractivity contribution in [1.82, 2.24) is 9.55 Å². The van der Waals surface area contributed by atoms with Crippen LogP contribution in [0.4, 0.5) is 0 Å². The molecule has 0 radical (unpaired) electrons. The Morgan fingerprint density at radius 2 is 2.33 bits per heavy atom. The van der Waals surface area contributed by atoms with Crippen LogP contribution in [0.15, 0.2) is 29.4 Å². The summed E-state index contributed by atoms with van der Waals surface area (Å²) >= 11 is 1.77. The van der Waals surface area contributed by atoms with Crippen LogP contribution in [0.1, 0.15) is 12.8 Å². The monoisotopic (exact) mass is 218 g/mol. The number of hydrogen-bond donors (Lipinski definition) is 0. The highest BCUT2D eigenvalue weighted by Crippen LogP contribution is 2.32. The Bertz CT molecular complexity index is 485. The lowest BCUT2D eigenvalue weighted by atomic mass is 10.3. The summed E-state index contributed by atoms with van der Waals surface area (Å²) in [5, 5.41) is 0. The molecule has 0 N–H and O–H groups in total. The zero-order chi connectivity index (χ0) is 10.3. The largest absolute Gasteiger partial charge is 0.330 e. The van der Waals surface area contributed by atoms with Crippen LogP contribution in [0, 0.1) is 5.92 Å². The van der Waals surface area contributed by atoms with E-state index in [4.69, 9.17) is 0 Å². The van der Waals surface area contributed by atoms with E-state index in [1.165, 1.54) is 23.3 Å². The van der Waals surface area contributed by atoms with Gasteiger partial charge in [0.15, 0.2) is 0 Å². The quantitative estimate of drug-likeness (QED) is 0.736. The van der Waals surface area contributed by atoms with Gasteiger partial charge in [-0.15, -0.1) is 11.8 Å². The van der Waals surface area contributed by atoms with Crippen molar-refractivity contribution in [1.29, 1.82) is 0 Å². The Hall–Kier alpha value is -0.960. The van der Waals surface area contributed by atoms with Gasteiger partial charge in [0.25, 0.3) is 0 Å². The molecular weight excluding hydrogens is 204 g/mol. The van der Waals surface area contributed by atoms with Gasteiger partial charge in [0, 0.05) is 11.4 Å². The molecule has 78 valence electrons. The van der Waals surface area contributed by atoms with Crippen LogP contribution >= 0.6 is 11.8 Å². The molecule has 1 fully saturated rings. The minimum atomic E-state index is 0.903. The first kappa shape index (κ1) is 9.28. The van der Waals surface area contributed by atoms with Crippen molar-refractivity contribution in [2.45, 2.75) is 24.3 Å². The second kappa shape index (κ2) is 3.56. The average Bonchev–Trinajstić information content (AvgIpc) is 2.99. The Balaban J connectivity index is 2.08. The van der Waals surface area contributed by atoms with Crippen LogP contribution in [0.25, 0.3) is 11.0 Å². The van der Waals surface area contributed by atoms with Gasteiger partial charge in [-0.1, -0.05) is 6.07 Å². The van der Waals surface area contributed by atoms with E-state index in [9.17, 15) is 0 Å². The first-order valence-electron chi connectivity index (χ1n) is 5.36. The molecule has 0 spiro atoms. The number of fused-ring (bicyclic) bond motifs is 1. The number of hydrogen-bond acceptors (Lipinski definition) is 2. The van der Waals surface area contributed by atoms with E-state index in [1.807, 2.05) is 6.33 Å². The fraction of sp³-hybridized carbons (Fsp3) is 0.417. The maximum absolute atomic E-state index is 4.51. The van der Waals surface area contributed by atoms with Gasteiger partial charge < -0.3 is 4.57 Å². The number of imidazole rings is 1. The van der Waals surface area contributed by atoms with E-state index in [2.05, 4.69) is 34.0 Å². The fourth-order valence-corrected chi connectivity index (χ4v) is 2.52.